The number of carboxylic acid groups (broad SMARTS) is 1. The van der Waals surface area contributed by atoms with Crippen LogP contribution in [0.3, 0.4) is 0 Å². The van der Waals surface area contributed by atoms with E-state index >= 15 is 0 Å². The number of aromatic nitrogens is 3. The zero-order chi connectivity index (χ0) is 31.5. The molecule has 1 aliphatic heterocycles. The zero-order valence-electron chi connectivity index (χ0n) is 24.1. The van der Waals surface area contributed by atoms with Crippen LogP contribution in [0.5, 0.6) is 5.75 Å². The highest BCUT2D eigenvalue weighted by Crippen LogP contribution is 2.31. The third-order valence-electron chi connectivity index (χ3n) is 7.23. The van der Waals surface area contributed by atoms with Crippen molar-refractivity contribution in [1.82, 2.24) is 35.0 Å². The lowest BCUT2D eigenvalue weighted by Gasteiger charge is -2.35. The van der Waals surface area contributed by atoms with E-state index in [0.29, 0.717) is 47.1 Å². The predicted molar refractivity (Wildman–Crippen MR) is 156 cm³/mol. The number of aliphatic carboxylic acids is 1. The summed E-state index contributed by atoms with van der Waals surface area (Å²) in [6.45, 7) is 4.20. The van der Waals surface area contributed by atoms with Crippen molar-refractivity contribution in [2.24, 2.45) is 0 Å². The van der Waals surface area contributed by atoms with E-state index in [2.05, 4.69) is 26.0 Å². The number of nitrogens with zero attached hydrogens (tertiary/aromatic N) is 5. The van der Waals surface area contributed by atoms with Crippen LogP contribution in [-0.2, 0) is 4.79 Å². The molecule has 15 heteroatoms. The van der Waals surface area contributed by atoms with Crippen LogP contribution in [0.25, 0.3) is 16.9 Å². The molecule has 0 unspecified atom stereocenters. The van der Waals surface area contributed by atoms with Crippen molar-refractivity contribution in [3.05, 3.63) is 71.7 Å². The Morgan fingerprint density at radius 1 is 1.18 bits per heavy atom. The molecule has 13 nitrogen and oxygen atoms in total. The molecule has 1 atom stereocenters. The van der Waals surface area contributed by atoms with Gasteiger partial charge in [0.05, 0.1) is 19.0 Å². The average molecular weight is 609 g/mol. The third kappa shape index (κ3) is 5.81. The number of carbonyl (C=O) groups excluding carboxylic acids is 2. The molecule has 2 aromatic carbocycles. The summed E-state index contributed by atoms with van der Waals surface area (Å²) in [6, 6.07) is 6.32. The topological polar surface area (TPSA) is 153 Å². The van der Waals surface area contributed by atoms with Crippen LogP contribution in [0.15, 0.2) is 48.9 Å². The smallest absolute Gasteiger partial charge is 0.338 e. The minimum absolute atomic E-state index is 0.00239. The summed E-state index contributed by atoms with van der Waals surface area (Å²) in [6.07, 6.45) is 4.47. The highest BCUT2D eigenvalue weighted by Gasteiger charge is 2.30. The van der Waals surface area contributed by atoms with E-state index in [1.807, 2.05) is 0 Å². The monoisotopic (exact) mass is 608 g/mol. The minimum atomic E-state index is -1.10. The van der Waals surface area contributed by atoms with E-state index in [0.717, 1.165) is 5.01 Å². The van der Waals surface area contributed by atoms with E-state index < -0.39 is 35.6 Å². The summed E-state index contributed by atoms with van der Waals surface area (Å²) in [5, 5.41) is 16.4. The Labute approximate surface area is 250 Å². The average Bonchev–Trinajstić information content (AvgIpc) is 3.45. The number of hydrogen-bond donors (Lipinski definition) is 4. The Balaban J connectivity index is 1.32. The molecular weight excluding hydrogens is 578 g/mol. The fourth-order valence-corrected chi connectivity index (χ4v) is 4.93. The van der Waals surface area contributed by atoms with Crippen LogP contribution in [0.1, 0.15) is 22.8 Å². The standard InChI is InChI=1S/C29H30F2N8O5/c1-4-39(29(43)37-11-9-32-20(15-37)28(41)42)36-27(40)18-6-5-17(13-16(18)2)35-25-26-34-14-21(38(26)12-10-33-25)19-7-8-22(44-3)24(31)23(19)30/h5-8,10,12-14,20,32H,4,9,11,15H2,1-3H3,(H,33,35)(H,36,40)(H,41,42)/t20-/m1/s1. The normalized spacial score (nSPS) is 14.8. The van der Waals surface area contributed by atoms with Gasteiger partial charge in [-0.2, -0.15) is 4.39 Å². The number of amides is 3. The van der Waals surface area contributed by atoms with Crippen LogP contribution in [-0.4, -0.2) is 86.6 Å². The second-order valence-electron chi connectivity index (χ2n) is 9.97. The molecule has 44 heavy (non-hydrogen) atoms. The van der Waals surface area contributed by atoms with Crippen LogP contribution in [0.4, 0.5) is 25.1 Å². The molecule has 4 N–H and O–H groups in total. The number of aryl methyl sites for hydroxylation is 1. The maximum atomic E-state index is 14.8. The Kier molecular flexibility index (Phi) is 8.57. The minimum Gasteiger partial charge on any atom is -0.494 e. The van der Waals surface area contributed by atoms with Gasteiger partial charge in [-0.15, -0.1) is 0 Å². The van der Waals surface area contributed by atoms with Crippen molar-refractivity contribution < 1.29 is 33.0 Å². The SMILES string of the molecule is CCN(NC(=O)c1ccc(Nc2nccn3c(-c4ccc(OC)c(F)c4F)cnc23)cc1C)C(=O)N1CCN[C@@H](C(=O)O)C1. The molecule has 2 aromatic heterocycles. The molecule has 1 aliphatic rings. The molecule has 0 saturated carbocycles. The van der Waals surface area contributed by atoms with Crippen LogP contribution in [0.2, 0.25) is 0 Å². The number of anilines is 2. The fraction of sp³-hybridized carbons (Fsp3) is 0.276. The molecule has 0 radical (unpaired) electrons. The van der Waals surface area contributed by atoms with Gasteiger partial charge in [-0.25, -0.2) is 24.2 Å². The third-order valence-corrected chi connectivity index (χ3v) is 7.23. The molecule has 5 rings (SSSR count). The number of halogens is 2. The molecule has 0 aliphatic carbocycles. The van der Waals surface area contributed by atoms with Crippen LogP contribution < -0.4 is 20.8 Å². The number of hydrogen-bond acceptors (Lipinski definition) is 8. The number of nitrogens with one attached hydrogen (secondary N) is 3. The number of fused-ring (bicyclic) bond motifs is 1. The first kappa shape index (κ1) is 30.2. The lowest BCUT2D eigenvalue weighted by molar-refractivity contribution is -0.140. The number of carbonyl (C=O) groups is 3. The Bertz CT molecular complexity index is 1750. The van der Waals surface area contributed by atoms with Gasteiger partial charge in [0.15, 0.2) is 23.0 Å². The second-order valence-corrected chi connectivity index (χ2v) is 9.97. The molecule has 3 heterocycles. The molecule has 3 amide bonds. The Hall–Kier alpha value is -5.31. The van der Waals surface area contributed by atoms with Gasteiger partial charge in [0.25, 0.3) is 5.91 Å². The van der Waals surface area contributed by atoms with Gasteiger partial charge in [0.2, 0.25) is 5.82 Å². The highest BCUT2D eigenvalue weighted by atomic mass is 19.2. The molecule has 0 spiro atoms. The van der Waals surface area contributed by atoms with Gasteiger partial charge in [0, 0.05) is 55.4 Å². The van der Waals surface area contributed by atoms with Crippen molar-refractivity contribution in [1.29, 1.82) is 0 Å². The molecule has 1 saturated heterocycles. The summed E-state index contributed by atoms with van der Waals surface area (Å²) in [4.78, 5) is 47.6. The van der Waals surface area contributed by atoms with Crippen molar-refractivity contribution in [2.45, 2.75) is 19.9 Å². The van der Waals surface area contributed by atoms with Crippen molar-refractivity contribution in [2.75, 3.05) is 38.6 Å². The van der Waals surface area contributed by atoms with Gasteiger partial charge in [-0.1, -0.05) is 0 Å². The van der Waals surface area contributed by atoms with Crippen molar-refractivity contribution in [3.63, 3.8) is 0 Å². The first-order valence-electron chi connectivity index (χ1n) is 13.7. The maximum absolute atomic E-state index is 14.8. The van der Waals surface area contributed by atoms with Crippen LogP contribution >= 0.6 is 0 Å². The fourth-order valence-electron chi connectivity index (χ4n) is 4.93. The van der Waals surface area contributed by atoms with E-state index in [1.54, 1.807) is 42.6 Å². The lowest BCUT2D eigenvalue weighted by atomic mass is 10.1. The first-order chi connectivity index (χ1) is 21.1. The molecule has 4 aromatic rings. The number of carboxylic acids is 1. The predicted octanol–water partition coefficient (Wildman–Crippen LogP) is 3.18. The Morgan fingerprint density at radius 3 is 2.68 bits per heavy atom. The molecule has 230 valence electrons. The van der Waals surface area contributed by atoms with E-state index in [-0.39, 0.29) is 24.4 Å². The molecule has 0 bridgehead atoms. The summed E-state index contributed by atoms with van der Waals surface area (Å²) < 4.78 is 35.6. The number of imidazole rings is 1. The van der Waals surface area contributed by atoms with E-state index in [4.69, 9.17) is 4.74 Å². The maximum Gasteiger partial charge on any atom is 0.338 e. The van der Waals surface area contributed by atoms with Crippen LogP contribution in [0, 0.1) is 18.6 Å². The van der Waals surface area contributed by atoms with Crippen molar-refractivity contribution >= 4 is 35.1 Å². The number of ether oxygens (including phenoxy) is 1. The number of benzene rings is 2. The lowest BCUT2D eigenvalue weighted by Crippen LogP contribution is -2.60. The largest absolute Gasteiger partial charge is 0.494 e. The number of methoxy groups -OCH3 is 1. The number of piperazine rings is 1. The van der Waals surface area contributed by atoms with E-state index in [1.165, 1.54) is 36.5 Å². The van der Waals surface area contributed by atoms with Gasteiger partial charge in [0.1, 0.15) is 6.04 Å². The summed E-state index contributed by atoms with van der Waals surface area (Å²) in [5.74, 6) is -3.61. The number of rotatable bonds is 7. The van der Waals surface area contributed by atoms with Gasteiger partial charge < -0.3 is 25.4 Å². The molecular formula is C29H30F2N8O5. The number of hydrazine groups is 1. The summed E-state index contributed by atoms with van der Waals surface area (Å²) in [7, 11) is 1.25. The quantitative estimate of drug-likeness (QED) is 0.232. The second kappa shape index (κ2) is 12.5. The zero-order valence-corrected chi connectivity index (χ0v) is 24.1. The molecule has 1 fully saturated rings. The highest BCUT2D eigenvalue weighted by molar-refractivity contribution is 5.97. The van der Waals surface area contributed by atoms with E-state index in [9.17, 15) is 28.3 Å². The van der Waals surface area contributed by atoms with Gasteiger partial charge in [-0.3, -0.25) is 19.4 Å². The summed E-state index contributed by atoms with van der Waals surface area (Å²) >= 11 is 0. The first-order valence-corrected chi connectivity index (χ1v) is 13.7. The van der Waals surface area contributed by atoms with Gasteiger partial charge >= 0.3 is 12.0 Å². The Morgan fingerprint density at radius 2 is 1.98 bits per heavy atom. The van der Waals surface area contributed by atoms with Gasteiger partial charge in [-0.05, 0) is 49.7 Å². The number of urea groups is 1. The summed E-state index contributed by atoms with van der Waals surface area (Å²) in [5.41, 5.74) is 4.76. The van der Waals surface area contributed by atoms with Crippen molar-refractivity contribution in [3.8, 4) is 17.0 Å².